The predicted molar refractivity (Wildman–Crippen MR) is 83.7 cm³/mol. The Morgan fingerprint density at radius 1 is 1.15 bits per heavy atom. The van der Waals surface area contributed by atoms with E-state index in [9.17, 15) is 4.79 Å². The zero-order valence-electron chi connectivity index (χ0n) is 12.4. The van der Waals surface area contributed by atoms with Crippen molar-refractivity contribution in [3.05, 3.63) is 48.0 Å². The molecule has 0 N–H and O–H groups in total. The number of rotatable bonds is 6. The number of nitrogens with zero attached hydrogens (tertiary/aromatic N) is 1. The van der Waals surface area contributed by atoms with Gasteiger partial charge in [-0.1, -0.05) is 55.8 Å². The molecule has 20 heavy (non-hydrogen) atoms. The van der Waals surface area contributed by atoms with Gasteiger partial charge in [-0.05, 0) is 37.9 Å². The fourth-order valence-corrected chi connectivity index (χ4v) is 2.89. The normalized spacial score (nSPS) is 18.2. The first-order valence-electron chi connectivity index (χ1n) is 7.79. The van der Waals surface area contributed by atoms with Crippen molar-refractivity contribution >= 4 is 5.78 Å². The van der Waals surface area contributed by atoms with Crippen LogP contribution in [0.25, 0.3) is 0 Å². The van der Waals surface area contributed by atoms with Crippen molar-refractivity contribution in [2.45, 2.75) is 45.1 Å². The largest absolute Gasteiger partial charge is 0.297 e. The molecule has 0 aromatic heterocycles. The lowest BCUT2D eigenvalue weighted by molar-refractivity contribution is -0.124. The molecule has 0 aliphatic carbocycles. The number of Topliss-reactive ketones (excluding diaryl/α,β-unsaturated/α-hetero) is 1. The minimum atomic E-state index is -0.0574. The molecule has 108 valence electrons. The average molecular weight is 271 g/mol. The Morgan fingerprint density at radius 3 is 2.50 bits per heavy atom. The smallest absolute Gasteiger partial charge is 0.158 e. The maximum Gasteiger partial charge on any atom is 0.158 e. The maximum atomic E-state index is 12.6. The minimum Gasteiger partial charge on any atom is -0.297 e. The summed E-state index contributed by atoms with van der Waals surface area (Å²) in [5.74, 6) is 0.322. The molecular formula is C18H25NO. The number of hydrogen-bond acceptors (Lipinski definition) is 2. The molecule has 1 heterocycles. The van der Waals surface area contributed by atoms with Gasteiger partial charge in [0, 0.05) is 6.42 Å². The van der Waals surface area contributed by atoms with Gasteiger partial charge < -0.3 is 0 Å². The molecule has 1 aromatic rings. The molecule has 1 aromatic carbocycles. The molecule has 1 aliphatic heterocycles. The first kappa shape index (κ1) is 15.0. The predicted octanol–water partition coefficient (Wildman–Crippen LogP) is 4.14. The number of hydrogen-bond donors (Lipinski definition) is 0. The van der Waals surface area contributed by atoms with Crippen molar-refractivity contribution in [2.24, 2.45) is 0 Å². The molecule has 1 fully saturated rings. The van der Waals surface area contributed by atoms with Gasteiger partial charge in [0.05, 0.1) is 6.04 Å². The van der Waals surface area contributed by atoms with E-state index < -0.39 is 0 Å². The van der Waals surface area contributed by atoms with Crippen LogP contribution in [-0.2, 0) is 4.79 Å². The fourth-order valence-electron chi connectivity index (χ4n) is 2.89. The van der Waals surface area contributed by atoms with Crippen LogP contribution in [0.3, 0.4) is 0 Å². The average Bonchev–Trinajstić information content (AvgIpc) is 2.50. The number of carbonyl (C=O) groups is 1. The van der Waals surface area contributed by atoms with Crippen LogP contribution in [0.1, 0.15) is 50.6 Å². The highest BCUT2D eigenvalue weighted by Gasteiger charge is 2.27. The first-order chi connectivity index (χ1) is 9.83. The fraction of sp³-hybridized carbons (Fsp3) is 0.500. The molecule has 1 aliphatic rings. The van der Waals surface area contributed by atoms with Gasteiger partial charge in [0.15, 0.2) is 5.78 Å². The maximum absolute atomic E-state index is 12.6. The van der Waals surface area contributed by atoms with Crippen molar-refractivity contribution in [3.63, 3.8) is 0 Å². The topological polar surface area (TPSA) is 20.3 Å². The molecule has 0 bridgehead atoms. The number of likely N-dealkylation sites (tertiary alicyclic amines) is 1. The zero-order chi connectivity index (χ0) is 14.2. The SMILES string of the molecule is CC/C=C/CC(=O)C(c1ccccc1)N1CCCCC1. The second-order valence-electron chi connectivity index (χ2n) is 5.46. The molecule has 1 saturated heterocycles. The van der Waals surface area contributed by atoms with E-state index >= 15 is 0 Å². The Balaban J connectivity index is 2.15. The molecule has 1 unspecified atom stereocenters. The Morgan fingerprint density at radius 2 is 1.85 bits per heavy atom. The van der Waals surface area contributed by atoms with E-state index in [0.29, 0.717) is 12.2 Å². The van der Waals surface area contributed by atoms with Crippen LogP contribution < -0.4 is 0 Å². The van der Waals surface area contributed by atoms with Crippen LogP contribution >= 0.6 is 0 Å². The number of ketones is 1. The number of piperidine rings is 1. The molecule has 0 radical (unpaired) electrons. The second-order valence-corrected chi connectivity index (χ2v) is 5.46. The standard InChI is InChI=1S/C18H25NO/c1-2-3-6-13-17(20)18(16-11-7-4-8-12-16)19-14-9-5-10-15-19/h3-4,6-8,11-12,18H,2,5,9-10,13-15H2,1H3/b6-3+. The van der Waals surface area contributed by atoms with Gasteiger partial charge in [-0.15, -0.1) is 0 Å². The van der Waals surface area contributed by atoms with E-state index in [0.717, 1.165) is 25.1 Å². The summed E-state index contributed by atoms with van der Waals surface area (Å²) in [6.45, 7) is 4.19. The van der Waals surface area contributed by atoms with E-state index in [2.05, 4.69) is 30.0 Å². The van der Waals surface area contributed by atoms with Gasteiger partial charge in [-0.3, -0.25) is 9.69 Å². The monoisotopic (exact) mass is 271 g/mol. The highest BCUT2D eigenvalue weighted by atomic mass is 16.1. The van der Waals surface area contributed by atoms with Gasteiger partial charge in [0.1, 0.15) is 0 Å². The lowest BCUT2D eigenvalue weighted by Crippen LogP contribution is -2.37. The number of carbonyl (C=O) groups excluding carboxylic acids is 1. The van der Waals surface area contributed by atoms with Gasteiger partial charge in [0.2, 0.25) is 0 Å². The second kappa shape index (κ2) is 8.01. The third-order valence-electron chi connectivity index (χ3n) is 3.90. The molecule has 2 heteroatoms. The number of benzene rings is 1. The van der Waals surface area contributed by atoms with E-state index in [1.165, 1.54) is 19.3 Å². The van der Waals surface area contributed by atoms with Crippen molar-refractivity contribution in [1.82, 2.24) is 4.90 Å². The molecule has 2 rings (SSSR count). The first-order valence-corrected chi connectivity index (χ1v) is 7.79. The van der Waals surface area contributed by atoms with Gasteiger partial charge in [-0.2, -0.15) is 0 Å². The van der Waals surface area contributed by atoms with E-state index in [4.69, 9.17) is 0 Å². The van der Waals surface area contributed by atoms with Crippen LogP contribution in [0, 0.1) is 0 Å². The summed E-state index contributed by atoms with van der Waals surface area (Å²) >= 11 is 0. The van der Waals surface area contributed by atoms with E-state index in [1.54, 1.807) is 0 Å². The summed E-state index contributed by atoms with van der Waals surface area (Å²) in [6, 6.07) is 10.2. The summed E-state index contributed by atoms with van der Waals surface area (Å²) in [5.41, 5.74) is 1.14. The number of allylic oxidation sites excluding steroid dienone is 2. The summed E-state index contributed by atoms with van der Waals surface area (Å²) < 4.78 is 0. The van der Waals surface area contributed by atoms with Crippen molar-refractivity contribution in [2.75, 3.05) is 13.1 Å². The van der Waals surface area contributed by atoms with Crippen LogP contribution in [0.2, 0.25) is 0 Å². The quantitative estimate of drug-likeness (QED) is 0.725. The molecule has 0 amide bonds. The highest BCUT2D eigenvalue weighted by Crippen LogP contribution is 2.26. The van der Waals surface area contributed by atoms with Gasteiger partial charge in [0.25, 0.3) is 0 Å². The summed E-state index contributed by atoms with van der Waals surface area (Å²) in [6.07, 6.45) is 9.35. The lowest BCUT2D eigenvalue weighted by Gasteiger charge is -2.33. The highest BCUT2D eigenvalue weighted by molar-refractivity contribution is 5.86. The molecule has 0 spiro atoms. The molecule has 1 atom stereocenters. The van der Waals surface area contributed by atoms with Crippen LogP contribution in [0.4, 0.5) is 0 Å². The van der Waals surface area contributed by atoms with Gasteiger partial charge >= 0.3 is 0 Å². The Labute approximate surface area is 122 Å². The third-order valence-corrected chi connectivity index (χ3v) is 3.90. The van der Waals surface area contributed by atoms with Gasteiger partial charge in [-0.25, -0.2) is 0 Å². The molecule has 0 saturated carbocycles. The summed E-state index contributed by atoms with van der Waals surface area (Å²) in [4.78, 5) is 15.0. The third kappa shape index (κ3) is 4.04. The Hall–Kier alpha value is -1.41. The zero-order valence-corrected chi connectivity index (χ0v) is 12.4. The van der Waals surface area contributed by atoms with Crippen molar-refractivity contribution in [3.8, 4) is 0 Å². The van der Waals surface area contributed by atoms with Crippen molar-refractivity contribution < 1.29 is 4.79 Å². The van der Waals surface area contributed by atoms with E-state index in [-0.39, 0.29) is 6.04 Å². The van der Waals surface area contributed by atoms with E-state index in [1.807, 2.05) is 24.3 Å². The van der Waals surface area contributed by atoms with Crippen LogP contribution in [0.5, 0.6) is 0 Å². The summed E-state index contributed by atoms with van der Waals surface area (Å²) in [5, 5.41) is 0. The summed E-state index contributed by atoms with van der Waals surface area (Å²) in [7, 11) is 0. The van der Waals surface area contributed by atoms with Crippen LogP contribution in [0.15, 0.2) is 42.5 Å². The Kier molecular flexibility index (Phi) is 6.00. The van der Waals surface area contributed by atoms with Crippen LogP contribution in [-0.4, -0.2) is 23.8 Å². The van der Waals surface area contributed by atoms with Crippen molar-refractivity contribution in [1.29, 1.82) is 0 Å². The minimum absolute atomic E-state index is 0.0574. The Bertz CT molecular complexity index is 432. The molecular weight excluding hydrogens is 246 g/mol. The lowest BCUT2D eigenvalue weighted by atomic mass is 9.96. The molecule has 2 nitrogen and oxygen atoms in total.